The van der Waals surface area contributed by atoms with Gasteiger partial charge < -0.3 is 9.84 Å². The van der Waals surface area contributed by atoms with Gasteiger partial charge in [0.25, 0.3) is 0 Å². The van der Waals surface area contributed by atoms with Crippen LogP contribution in [-0.4, -0.2) is 35.7 Å². The Balaban J connectivity index is 2.19. The number of benzene rings is 1. The fourth-order valence-corrected chi connectivity index (χ4v) is 2.80. The van der Waals surface area contributed by atoms with Crippen molar-refractivity contribution in [3.05, 3.63) is 35.4 Å². The topological polar surface area (TPSA) is 49.8 Å². The lowest BCUT2D eigenvalue weighted by molar-refractivity contribution is -0.131. The van der Waals surface area contributed by atoms with E-state index in [0.29, 0.717) is 6.04 Å². The van der Waals surface area contributed by atoms with Crippen molar-refractivity contribution in [2.75, 3.05) is 13.7 Å². The third kappa shape index (κ3) is 4.33. The molecule has 1 aromatic rings. The molecule has 0 bridgehead atoms. The number of methoxy groups -OCH3 is 1. The molecular weight excluding hydrogens is 266 g/mol. The van der Waals surface area contributed by atoms with Crippen molar-refractivity contribution in [3.63, 3.8) is 0 Å². The molecule has 0 amide bonds. The lowest BCUT2D eigenvalue weighted by Gasteiger charge is -2.33. The molecule has 114 valence electrons. The SMILES string of the molecule is COc1ccc(/C=C/C(=O)O)cc1CN1CCCCC1C. The molecule has 1 fully saturated rings. The average Bonchev–Trinajstić information content (AvgIpc) is 2.47. The zero-order chi connectivity index (χ0) is 15.2. The summed E-state index contributed by atoms with van der Waals surface area (Å²) in [4.78, 5) is 13.1. The van der Waals surface area contributed by atoms with Crippen LogP contribution in [0.2, 0.25) is 0 Å². The molecule has 0 aliphatic carbocycles. The number of nitrogens with zero attached hydrogens (tertiary/aromatic N) is 1. The second-order valence-electron chi connectivity index (χ2n) is 5.56. The maximum absolute atomic E-state index is 10.6. The van der Waals surface area contributed by atoms with Gasteiger partial charge in [-0.3, -0.25) is 4.90 Å². The number of carboxylic acids is 1. The Morgan fingerprint density at radius 3 is 2.95 bits per heavy atom. The van der Waals surface area contributed by atoms with Crippen molar-refractivity contribution in [3.8, 4) is 5.75 Å². The average molecular weight is 289 g/mol. The van der Waals surface area contributed by atoms with Crippen molar-refractivity contribution < 1.29 is 14.6 Å². The van der Waals surface area contributed by atoms with E-state index in [1.807, 2.05) is 18.2 Å². The second-order valence-corrected chi connectivity index (χ2v) is 5.56. The zero-order valence-electron chi connectivity index (χ0n) is 12.7. The molecule has 1 aliphatic heterocycles. The largest absolute Gasteiger partial charge is 0.496 e. The number of carbonyl (C=O) groups is 1. The summed E-state index contributed by atoms with van der Waals surface area (Å²) in [6.45, 7) is 4.22. The molecule has 1 saturated heterocycles. The van der Waals surface area contributed by atoms with Gasteiger partial charge in [-0.1, -0.05) is 12.5 Å². The van der Waals surface area contributed by atoms with Gasteiger partial charge >= 0.3 is 5.97 Å². The quantitative estimate of drug-likeness (QED) is 0.846. The Labute approximate surface area is 126 Å². The number of aliphatic carboxylic acids is 1. The van der Waals surface area contributed by atoms with E-state index in [2.05, 4.69) is 11.8 Å². The second kappa shape index (κ2) is 7.27. The van der Waals surface area contributed by atoms with E-state index in [0.717, 1.165) is 36.0 Å². The highest BCUT2D eigenvalue weighted by Crippen LogP contribution is 2.25. The van der Waals surface area contributed by atoms with Gasteiger partial charge in [-0.05, 0) is 50.1 Å². The van der Waals surface area contributed by atoms with Crippen LogP contribution in [0.15, 0.2) is 24.3 Å². The summed E-state index contributed by atoms with van der Waals surface area (Å²) in [6.07, 6.45) is 6.56. The van der Waals surface area contributed by atoms with Gasteiger partial charge in [0.2, 0.25) is 0 Å². The summed E-state index contributed by atoms with van der Waals surface area (Å²) < 4.78 is 5.44. The smallest absolute Gasteiger partial charge is 0.328 e. The molecule has 4 heteroatoms. The van der Waals surface area contributed by atoms with Crippen LogP contribution < -0.4 is 4.74 Å². The van der Waals surface area contributed by atoms with Crippen LogP contribution in [0.3, 0.4) is 0 Å². The zero-order valence-corrected chi connectivity index (χ0v) is 12.7. The first-order chi connectivity index (χ1) is 10.1. The molecule has 21 heavy (non-hydrogen) atoms. The third-order valence-corrected chi connectivity index (χ3v) is 4.04. The molecule has 0 saturated carbocycles. The molecule has 1 heterocycles. The number of carboxylic acid groups (broad SMARTS) is 1. The number of likely N-dealkylation sites (tertiary alicyclic amines) is 1. The van der Waals surface area contributed by atoms with Gasteiger partial charge in [0.1, 0.15) is 5.75 Å². The van der Waals surface area contributed by atoms with Gasteiger partial charge in [-0.25, -0.2) is 4.79 Å². The highest BCUT2D eigenvalue weighted by atomic mass is 16.5. The lowest BCUT2D eigenvalue weighted by Crippen LogP contribution is -2.36. The molecule has 1 aromatic carbocycles. The fraction of sp³-hybridized carbons (Fsp3) is 0.471. The van der Waals surface area contributed by atoms with Gasteiger partial charge in [0, 0.05) is 24.2 Å². The number of piperidine rings is 1. The van der Waals surface area contributed by atoms with Crippen LogP contribution >= 0.6 is 0 Å². The van der Waals surface area contributed by atoms with Crippen molar-refractivity contribution >= 4 is 12.0 Å². The Kier molecular flexibility index (Phi) is 5.39. The van der Waals surface area contributed by atoms with Crippen molar-refractivity contribution in [1.82, 2.24) is 4.90 Å². The molecule has 0 radical (unpaired) electrons. The summed E-state index contributed by atoms with van der Waals surface area (Å²) >= 11 is 0. The first-order valence-electron chi connectivity index (χ1n) is 7.42. The molecule has 0 aromatic heterocycles. The van der Waals surface area contributed by atoms with Crippen LogP contribution in [-0.2, 0) is 11.3 Å². The molecule has 1 unspecified atom stereocenters. The minimum Gasteiger partial charge on any atom is -0.496 e. The third-order valence-electron chi connectivity index (χ3n) is 4.04. The van der Waals surface area contributed by atoms with Crippen LogP contribution in [0.4, 0.5) is 0 Å². The standard InChI is InChI=1S/C17H23NO3/c1-13-5-3-4-10-18(13)12-15-11-14(7-9-17(19)20)6-8-16(15)21-2/h6-9,11,13H,3-5,10,12H2,1-2H3,(H,19,20)/b9-7+. The number of rotatable bonds is 5. The molecule has 1 atom stereocenters. The molecule has 1 N–H and O–H groups in total. The van der Waals surface area contributed by atoms with E-state index in [1.165, 1.54) is 19.3 Å². The first-order valence-corrected chi connectivity index (χ1v) is 7.42. The van der Waals surface area contributed by atoms with E-state index in [1.54, 1.807) is 13.2 Å². The van der Waals surface area contributed by atoms with Crippen LogP contribution in [0.1, 0.15) is 37.3 Å². The fourth-order valence-electron chi connectivity index (χ4n) is 2.80. The van der Waals surface area contributed by atoms with Gasteiger partial charge in [-0.2, -0.15) is 0 Å². The minimum atomic E-state index is -0.933. The number of hydrogen-bond donors (Lipinski definition) is 1. The molecule has 4 nitrogen and oxygen atoms in total. The summed E-state index contributed by atoms with van der Waals surface area (Å²) in [5.74, 6) is -0.0720. The summed E-state index contributed by atoms with van der Waals surface area (Å²) in [5.41, 5.74) is 2.00. The van der Waals surface area contributed by atoms with Gasteiger partial charge in [0.15, 0.2) is 0 Å². The highest BCUT2D eigenvalue weighted by Gasteiger charge is 2.19. The Bertz CT molecular complexity index is 525. The van der Waals surface area contributed by atoms with E-state index in [9.17, 15) is 4.79 Å². The Hall–Kier alpha value is -1.81. The molecule has 0 spiro atoms. The van der Waals surface area contributed by atoms with Crippen LogP contribution in [0.25, 0.3) is 6.08 Å². The Morgan fingerprint density at radius 1 is 1.48 bits per heavy atom. The number of ether oxygens (including phenoxy) is 1. The van der Waals surface area contributed by atoms with E-state index in [-0.39, 0.29) is 0 Å². The lowest BCUT2D eigenvalue weighted by atomic mass is 10.0. The monoisotopic (exact) mass is 289 g/mol. The highest BCUT2D eigenvalue weighted by molar-refractivity contribution is 5.85. The molecule has 1 aliphatic rings. The van der Waals surface area contributed by atoms with Crippen molar-refractivity contribution in [1.29, 1.82) is 0 Å². The van der Waals surface area contributed by atoms with Gasteiger partial charge in [0.05, 0.1) is 7.11 Å². The van der Waals surface area contributed by atoms with E-state index < -0.39 is 5.97 Å². The predicted molar refractivity (Wildman–Crippen MR) is 83.4 cm³/mol. The minimum absolute atomic E-state index is 0.585. The van der Waals surface area contributed by atoms with Crippen LogP contribution in [0, 0.1) is 0 Å². The van der Waals surface area contributed by atoms with Crippen molar-refractivity contribution in [2.45, 2.75) is 38.8 Å². The van der Waals surface area contributed by atoms with Crippen LogP contribution in [0.5, 0.6) is 5.75 Å². The molecular formula is C17H23NO3. The Morgan fingerprint density at radius 2 is 2.29 bits per heavy atom. The number of hydrogen-bond acceptors (Lipinski definition) is 3. The van der Waals surface area contributed by atoms with Gasteiger partial charge in [-0.15, -0.1) is 0 Å². The maximum Gasteiger partial charge on any atom is 0.328 e. The van der Waals surface area contributed by atoms with Crippen molar-refractivity contribution in [2.24, 2.45) is 0 Å². The summed E-state index contributed by atoms with van der Waals surface area (Å²) in [7, 11) is 1.67. The summed E-state index contributed by atoms with van der Waals surface area (Å²) in [5, 5.41) is 8.72. The normalized spacial score (nSPS) is 19.8. The summed E-state index contributed by atoms with van der Waals surface area (Å²) in [6, 6.07) is 6.38. The predicted octanol–water partition coefficient (Wildman–Crippen LogP) is 3.17. The first kappa shape index (κ1) is 15.6. The van der Waals surface area contributed by atoms with E-state index in [4.69, 9.17) is 9.84 Å². The molecule has 2 rings (SSSR count). The van der Waals surface area contributed by atoms with E-state index >= 15 is 0 Å². The maximum atomic E-state index is 10.6.